The highest BCUT2D eigenvalue weighted by Gasteiger charge is 2.47. The van der Waals surface area contributed by atoms with Gasteiger partial charge in [0.2, 0.25) is 0 Å². The van der Waals surface area contributed by atoms with Crippen molar-refractivity contribution in [2.75, 3.05) is 13.2 Å². The molecule has 0 aliphatic heterocycles. The third kappa shape index (κ3) is 3.86. The molecule has 18 heavy (non-hydrogen) atoms. The molecule has 0 N–H and O–H groups in total. The number of allylic oxidation sites excluding steroid dienone is 2. The molecule has 0 radical (unpaired) electrons. The summed E-state index contributed by atoms with van der Waals surface area (Å²) in [5.41, 5.74) is -0.235. The molecule has 0 bridgehead atoms. The minimum Gasteiger partial charge on any atom is -0.465 e. The van der Waals surface area contributed by atoms with Crippen molar-refractivity contribution in [1.82, 2.24) is 0 Å². The summed E-state index contributed by atoms with van der Waals surface area (Å²) >= 11 is 0. The molecule has 4 heteroatoms. The molecule has 0 amide bonds. The van der Waals surface area contributed by atoms with Crippen LogP contribution in [0.5, 0.6) is 0 Å². The van der Waals surface area contributed by atoms with Gasteiger partial charge in [-0.3, -0.25) is 9.59 Å². The van der Waals surface area contributed by atoms with Crippen LogP contribution < -0.4 is 0 Å². The highest BCUT2D eigenvalue weighted by Crippen LogP contribution is 2.33. The van der Waals surface area contributed by atoms with Crippen LogP contribution in [0, 0.1) is 5.41 Å². The highest BCUT2D eigenvalue weighted by molar-refractivity contribution is 6.00. The SMILES string of the molecule is C/C=C(\C)CC(CC)(C(=O)OCC)C(=O)OCC. The van der Waals surface area contributed by atoms with Crippen LogP contribution in [0.3, 0.4) is 0 Å². The monoisotopic (exact) mass is 256 g/mol. The molecule has 0 saturated heterocycles. The van der Waals surface area contributed by atoms with Crippen molar-refractivity contribution in [3.8, 4) is 0 Å². The predicted octanol–water partition coefficient (Wildman–Crippen LogP) is 2.87. The first-order valence-corrected chi connectivity index (χ1v) is 6.44. The molecule has 0 fully saturated rings. The van der Waals surface area contributed by atoms with E-state index in [1.54, 1.807) is 20.8 Å². The Morgan fingerprint density at radius 1 is 1.06 bits per heavy atom. The first-order chi connectivity index (χ1) is 8.48. The number of carbonyl (C=O) groups excluding carboxylic acids is 2. The summed E-state index contributed by atoms with van der Waals surface area (Å²) in [5, 5.41) is 0. The molecule has 0 spiro atoms. The quantitative estimate of drug-likeness (QED) is 0.399. The van der Waals surface area contributed by atoms with Gasteiger partial charge in [-0.1, -0.05) is 18.6 Å². The molecule has 104 valence electrons. The molecule has 0 aliphatic rings. The van der Waals surface area contributed by atoms with E-state index in [0.29, 0.717) is 12.8 Å². The van der Waals surface area contributed by atoms with E-state index in [0.717, 1.165) is 5.57 Å². The smallest absolute Gasteiger partial charge is 0.323 e. The normalized spacial score (nSPS) is 12.2. The van der Waals surface area contributed by atoms with E-state index in [2.05, 4.69) is 0 Å². The van der Waals surface area contributed by atoms with Gasteiger partial charge in [-0.2, -0.15) is 0 Å². The minimum absolute atomic E-state index is 0.259. The molecule has 0 aromatic rings. The largest absolute Gasteiger partial charge is 0.465 e. The van der Waals surface area contributed by atoms with Gasteiger partial charge in [0.1, 0.15) is 0 Å². The van der Waals surface area contributed by atoms with Gasteiger partial charge in [0.25, 0.3) is 0 Å². The topological polar surface area (TPSA) is 52.6 Å². The van der Waals surface area contributed by atoms with Crippen LogP contribution in [0.4, 0.5) is 0 Å². The van der Waals surface area contributed by atoms with Gasteiger partial charge in [0, 0.05) is 0 Å². The van der Waals surface area contributed by atoms with E-state index in [4.69, 9.17) is 9.47 Å². The average molecular weight is 256 g/mol. The lowest BCUT2D eigenvalue weighted by Crippen LogP contribution is -2.42. The van der Waals surface area contributed by atoms with Gasteiger partial charge in [0.05, 0.1) is 13.2 Å². The zero-order valence-corrected chi connectivity index (χ0v) is 12.0. The Balaban J connectivity index is 5.31. The summed E-state index contributed by atoms with van der Waals surface area (Å²) in [7, 11) is 0. The Morgan fingerprint density at radius 3 is 1.78 bits per heavy atom. The highest BCUT2D eigenvalue weighted by atomic mass is 16.6. The van der Waals surface area contributed by atoms with E-state index in [1.807, 2.05) is 19.9 Å². The average Bonchev–Trinajstić information content (AvgIpc) is 2.36. The van der Waals surface area contributed by atoms with Crippen molar-refractivity contribution in [3.63, 3.8) is 0 Å². The van der Waals surface area contributed by atoms with Crippen molar-refractivity contribution >= 4 is 11.9 Å². The van der Waals surface area contributed by atoms with Crippen molar-refractivity contribution < 1.29 is 19.1 Å². The van der Waals surface area contributed by atoms with E-state index >= 15 is 0 Å². The predicted molar refractivity (Wildman–Crippen MR) is 70.0 cm³/mol. The zero-order valence-electron chi connectivity index (χ0n) is 12.0. The van der Waals surface area contributed by atoms with E-state index < -0.39 is 17.4 Å². The number of hydrogen-bond donors (Lipinski definition) is 0. The standard InChI is InChI=1S/C14H24O4/c1-6-11(5)10-14(7-2,12(15)17-8-3)13(16)18-9-4/h6H,7-10H2,1-5H3/b11-6+. The maximum Gasteiger partial charge on any atom is 0.323 e. The molecule has 0 aromatic heterocycles. The maximum atomic E-state index is 12.1. The second-order valence-electron chi connectivity index (χ2n) is 4.19. The summed E-state index contributed by atoms with van der Waals surface area (Å²) in [6.45, 7) is 9.55. The summed E-state index contributed by atoms with van der Waals surface area (Å²) in [5.74, 6) is -0.987. The Hall–Kier alpha value is -1.32. The number of rotatable bonds is 7. The second-order valence-corrected chi connectivity index (χ2v) is 4.19. The first kappa shape index (κ1) is 16.7. The van der Waals surface area contributed by atoms with Crippen LogP contribution in [0.1, 0.15) is 47.5 Å². The number of esters is 2. The number of carbonyl (C=O) groups is 2. The summed E-state index contributed by atoms with van der Waals surface area (Å²) in [6.07, 6.45) is 2.61. The van der Waals surface area contributed by atoms with Crippen molar-refractivity contribution in [2.45, 2.75) is 47.5 Å². The maximum absolute atomic E-state index is 12.1. The summed E-state index contributed by atoms with van der Waals surface area (Å²) < 4.78 is 10.1. The third-order valence-electron chi connectivity index (χ3n) is 3.01. The number of hydrogen-bond acceptors (Lipinski definition) is 4. The van der Waals surface area contributed by atoms with Gasteiger partial charge >= 0.3 is 11.9 Å². The molecule has 0 unspecified atom stereocenters. The van der Waals surface area contributed by atoms with Crippen LogP contribution >= 0.6 is 0 Å². The van der Waals surface area contributed by atoms with E-state index in [-0.39, 0.29) is 13.2 Å². The number of ether oxygens (including phenoxy) is 2. The summed E-state index contributed by atoms with van der Waals surface area (Å²) in [6, 6.07) is 0. The third-order valence-corrected chi connectivity index (χ3v) is 3.01. The van der Waals surface area contributed by atoms with Crippen molar-refractivity contribution in [1.29, 1.82) is 0 Å². The fraction of sp³-hybridized carbons (Fsp3) is 0.714. The fourth-order valence-corrected chi connectivity index (χ4v) is 1.76. The van der Waals surface area contributed by atoms with Crippen LogP contribution in [-0.2, 0) is 19.1 Å². The van der Waals surface area contributed by atoms with Gasteiger partial charge in [0.15, 0.2) is 5.41 Å². The van der Waals surface area contributed by atoms with Gasteiger partial charge < -0.3 is 9.47 Å². The van der Waals surface area contributed by atoms with Crippen LogP contribution in [0.15, 0.2) is 11.6 Å². The Kier molecular flexibility index (Phi) is 7.32. The molecule has 0 heterocycles. The molecule has 0 saturated carbocycles. The molecular formula is C14H24O4. The lowest BCUT2D eigenvalue weighted by atomic mass is 9.79. The van der Waals surface area contributed by atoms with E-state index in [9.17, 15) is 9.59 Å². The molecule has 0 rings (SSSR count). The molecular weight excluding hydrogens is 232 g/mol. The van der Waals surface area contributed by atoms with Crippen molar-refractivity contribution in [3.05, 3.63) is 11.6 Å². The summed E-state index contributed by atoms with van der Waals surface area (Å²) in [4.78, 5) is 24.2. The Bertz CT molecular complexity index is 300. The van der Waals surface area contributed by atoms with E-state index in [1.165, 1.54) is 0 Å². The van der Waals surface area contributed by atoms with Crippen LogP contribution in [0.25, 0.3) is 0 Å². The molecule has 4 nitrogen and oxygen atoms in total. The zero-order chi connectivity index (χ0) is 14.2. The second kappa shape index (κ2) is 7.90. The lowest BCUT2D eigenvalue weighted by Gasteiger charge is -2.28. The van der Waals surface area contributed by atoms with Gasteiger partial charge in [-0.15, -0.1) is 0 Å². The molecule has 0 aromatic carbocycles. The van der Waals surface area contributed by atoms with Crippen LogP contribution in [-0.4, -0.2) is 25.2 Å². The fourth-order valence-electron chi connectivity index (χ4n) is 1.76. The molecule has 0 atom stereocenters. The Morgan fingerprint density at radius 2 is 1.50 bits per heavy atom. The minimum atomic E-state index is -1.21. The lowest BCUT2D eigenvalue weighted by molar-refractivity contribution is -0.172. The van der Waals surface area contributed by atoms with Crippen molar-refractivity contribution in [2.24, 2.45) is 5.41 Å². The molecule has 0 aliphatic carbocycles. The first-order valence-electron chi connectivity index (χ1n) is 6.44. The van der Waals surface area contributed by atoms with Gasteiger partial charge in [-0.25, -0.2) is 0 Å². The Labute approximate surface area is 109 Å². The van der Waals surface area contributed by atoms with Gasteiger partial charge in [-0.05, 0) is 40.5 Å². The van der Waals surface area contributed by atoms with Crippen LogP contribution in [0.2, 0.25) is 0 Å².